The topological polar surface area (TPSA) is 63.4 Å². The number of non-ortho nitro benzene ring substituents is 1. The highest BCUT2D eigenvalue weighted by atomic mass is 35.5. The van der Waals surface area contributed by atoms with Crippen LogP contribution in [-0.4, -0.2) is 10.0 Å². The number of nitro benzene ring substituents is 1. The van der Waals surface area contributed by atoms with E-state index in [1.54, 1.807) is 25.1 Å². The molecule has 0 saturated heterocycles. The molecule has 6 heteroatoms. The van der Waals surface area contributed by atoms with Gasteiger partial charge in [-0.1, -0.05) is 29.4 Å². The Hall–Kier alpha value is -1.56. The second-order valence-electron chi connectivity index (χ2n) is 4.22. The summed E-state index contributed by atoms with van der Waals surface area (Å²) in [5.74, 6) is 0. The Labute approximate surface area is 125 Å². The van der Waals surface area contributed by atoms with E-state index in [0.717, 1.165) is 15.4 Å². The maximum absolute atomic E-state index is 10.6. The van der Waals surface area contributed by atoms with Crippen LogP contribution in [0.5, 0.6) is 0 Å². The van der Waals surface area contributed by atoms with Crippen molar-refractivity contribution in [1.29, 1.82) is 0 Å². The van der Waals surface area contributed by atoms with Crippen molar-refractivity contribution >= 4 is 29.1 Å². The van der Waals surface area contributed by atoms with Gasteiger partial charge in [0.2, 0.25) is 0 Å². The molecule has 2 aromatic carbocycles. The van der Waals surface area contributed by atoms with E-state index in [9.17, 15) is 15.2 Å². The summed E-state index contributed by atoms with van der Waals surface area (Å²) in [6.07, 6.45) is -0.564. The van der Waals surface area contributed by atoms with Crippen LogP contribution >= 0.6 is 23.4 Å². The van der Waals surface area contributed by atoms with Gasteiger partial charge < -0.3 is 5.11 Å². The van der Waals surface area contributed by atoms with Crippen LogP contribution in [0.1, 0.15) is 18.6 Å². The SMILES string of the molecule is C[C@H](O)c1ccc(Sc2ccc([N+](=O)[O-])cc2)c(Cl)c1. The fourth-order valence-corrected chi connectivity index (χ4v) is 2.75. The summed E-state index contributed by atoms with van der Waals surface area (Å²) in [5, 5.41) is 20.6. The number of hydrogen-bond donors (Lipinski definition) is 1. The highest BCUT2D eigenvalue weighted by Crippen LogP contribution is 2.35. The van der Waals surface area contributed by atoms with E-state index >= 15 is 0 Å². The van der Waals surface area contributed by atoms with Crippen LogP contribution in [0.4, 0.5) is 5.69 Å². The zero-order valence-electron chi connectivity index (χ0n) is 10.6. The van der Waals surface area contributed by atoms with E-state index in [4.69, 9.17) is 11.6 Å². The van der Waals surface area contributed by atoms with Crippen molar-refractivity contribution < 1.29 is 10.0 Å². The predicted molar refractivity (Wildman–Crippen MR) is 79.3 cm³/mol. The Balaban J connectivity index is 2.19. The zero-order valence-corrected chi connectivity index (χ0v) is 12.2. The van der Waals surface area contributed by atoms with Crippen LogP contribution in [-0.2, 0) is 0 Å². The first-order chi connectivity index (χ1) is 9.47. The third-order valence-electron chi connectivity index (χ3n) is 2.71. The molecular formula is C14H12ClNO3S. The molecule has 0 unspecified atom stereocenters. The number of halogens is 1. The van der Waals surface area contributed by atoms with Gasteiger partial charge in [-0.05, 0) is 36.8 Å². The van der Waals surface area contributed by atoms with E-state index in [1.165, 1.54) is 23.9 Å². The van der Waals surface area contributed by atoms with Crippen molar-refractivity contribution in [2.75, 3.05) is 0 Å². The first kappa shape index (κ1) is 14.8. The van der Waals surface area contributed by atoms with Gasteiger partial charge in [-0.25, -0.2) is 0 Å². The number of rotatable bonds is 4. The zero-order chi connectivity index (χ0) is 14.7. The summed E-state index contributed by atoms with van der Waals surface area (Å²) >= 11 is 7.58. The van der Waals surface area contributed by atoms with Gasteiger partial charge in [-0.15, -0.1) is 0 Å². The van der Waals surface area contributed by atoms with Gasteiger partial charge in [-0.3, -0.25) is 10.1 Å². The minimum absolute atomic E-state index is 0.0601. The predicted octanol–water partition coefficient (Wildman–Crippen LogP) is 4.45. The molecule has 0 amide bonds. The number of nitrogens with zero attached hydrogens (tertiary/aromatic N) is 1. The average Bonchev–Trinajstić information content (AvgIpc) is 2.41. The fourth-order valence-electron chi connectivity index (χ4n) is 1.62. The highest BCUT2D eigenvalue weighted by molar-refractivity contribution is 7.99. The molecule has 0 aromatic heterocycles. The van der Waals surface area contributed by atoms with Crippen LogP contribution in [0, 0.1) is 10.1 Å². The summed E-state index contributed by atoms with van der Waals surface area (Å²) in [6.45, 7) is 1.68. The van der Waals surface area contributed by atoms with E-state index in [-0.39, 0.29) is 5.69 Å². The molecule has 0 aliphatic carbocycles. The summed E-state index contributed by atoms with van der Waals surface area (Å²) < 4.78 is 0. The van der Waals surface area contributed by atoms with Crippen LogP contribution in [0.15, 0.2) is 52.3 Å². The number of nitro groups is 1. The first-order valence-corrected chi connectivity index (χ1v) is 7.06. The summed E-state index contributed by atoms with van der Waals surface area (Å²) in [5.41, 5.74) is 0.813. The molecule has 20 heavy (non-hydrogen) atoms. The van der Waals surface area contributed by atoms with E-state index in [1.807, 2.05) is 12.1 Å². The Kier molecular flexibility index (Phi) is 4.65. The third kappa shape index (κ3) is 3.50. The van der Waals surface area contributed by atoms with E-state index in [2.05, 4.69) is 0 Å². The number of aliphatic hydroxyl groups is 1. The Morgan fingerprint density at radius 1 is 1.25 bits per heavy atom. The molecule has 1 atom stereocenters. The first-order valence-electron chi connectivity index (χ1n) is 5.87. The highest BCUT2D eigenvalue weighted by Gasteiger charge is 2.09. The number of benzene rings is 2. The van der Waals surface area contributed by atoms with Gasteiger partial charge in [0.1, 0.15) is 0 Å². The molecule has 0 aliphatic heterocycles. The summed E-state index contributed by atoms with van der Waals surface area (Å²) in [6, 6.07) is 11.6. The maximum Gasteiger partial charge on any atom is 0.269 e. The lowest BCUT2D eigenvalue weighted by molar-refractivity contribution is -0.384. The van der Waals surface area contributed by atoms with Crippen LogP contribution in [0.25, 0.3) is 0 Å². The fraction of sp³-hybridized carbons (Fsp3) is 0.143. The normalized spacial score (nSPS) is 12.2. The van der Waals surface area contributed by atoms with Crippen molar-refractivity contribution in [3.63, 3.8) is 0 Å². The van der Waals surface area contributed by atoms with Crippen LogP contribution in [0.3, 0.4) is 0 Å². The molecule has 104 valence electrons. The summed E-state index contributed by atoms with van der Waals surface area (Å²) in [4.78, 5) is 11.8. The molecule has 0 bridgehead atoms. The number of hydrogen-bond acceptors (Lipinski definition) is 4. The Morgan fingerprint density at radius 3 is 2.40 bits per heavy atom. The van der Waals surface area contributed by atoms with Crippen molar-refractivity contribution in [3.8, 4) is 0 Å². The Bertz CT molecular complexity index is 629. The van der Waals surface area contributed by atoms with Crippen LogP contribution in [0.2, 0.25) is 5.02 Å². The molecule has 0 heterocycles. The molecule has 0 aliphatic rings. The van der Waals surface area contributed by atoms with E-state index < -0.39 is 11.0 Å². The molecule has 4 nitrogen and oxygen atoms in total. The average molecular weight is 310 g/mol. The lowest BCUT2D eigenvalue weighted by Crippen LogP contribution is -1.91. The Morgan fingerprint density at radius 2 is 1.90 bits per heavy atom. The van der Waals surface area contributed by atoms with Gasteiger partial charge in [0.15, 0.2) is 0 Å². The second kappa shape index (κ2) is 6.26. The standard InChI is InChI=1S/C14H12ClNO3S/c1-9(17)10-2-7-14(13(15)8-10)20-12-5-3-11(4-6-12)16(18)19/h2-9,17H,1H3/t9-/m0/s1. The molecule has 1 N–H and O–H groups in total. The smallest absolute Gasteiger partial charge is 0.269 e. The van der Waals surface area contributed by atoms with Gasteiger partial charge in [0.05, 0.1) is 16.0 Å². The van der Waals surface area contributed by atoms with Gasteiger partial charge >= 0.3 is 0 Å². The van der Waals surface area contributed by atoms with E-state index in [0.29, 0.717) is 5.02 Å². The van der Waals surface area contributed by atoms with Gasteiger partial charge in [-0.2, -0.15) is 0 Å². The maximum atomic E-state index is 10.6. The van der Waals surface area contributed by atoms with Crippen LogP contribution < -0.4 is 0 Å². The lowest BCUT2D eigenvalue weighted by atomic mass is 10.1. The quantitative estimate of drug-likeness (QED) is 0.669. The van der Waals surface area contributed by atoms with Gasteiger partial charge in [0.25, 0.3) is 5.69 Å². The van der Waals surface area contributed by atoms with Crippen molar-refractivity contribution in [3.05, 3.63) is 63.2 Å². The molecule has 0 radical (unpaired) electrons. The minimum Gasteiger partial charge on any atom is -0.389 e. The van der Waals surface area contributed by atoms with Crippen molar-refractivity contribution in [2.24, 2.45) is 0 Å². The number of aliphatic hydroxyl groups excluding tert-OH is 1. The van der Waals surface area contributed by atoms with Gasteiger partial charge in [0, 0.05) is 21.9 Å². The largest absolute Gasteiger partial charge is 0.389 e. The van der Waals surface area contributed by atoms with Crippen molar-refractivity contribution in [1.82, 2.24) is 0 Å². The molecule has 2 aromatic rings. The minimum atomic E-state index is -0.564. The second-order valence-corrected chi connectivity index (χ2v) is 5.74. The summed E-state index contributed by atoms with van der Waals surface area (Å²) in [7, 11) is 0. The van der Waals surface area contributed by atoms with Crippen molar-refractivity contribution in [2.45, 2.75) is 22.8 Å². The monoisotopic (exact) mass is 309 g/mol. The molecule has 2 rings (SSSR count). The molecule has 0 fully saturated rings. The molecular weight excluding hydrogens is 298 g/mol. The molecule has 0 saturated carbocycles. The lowest BCUT2D eigenvalue weighted by Gasteiger charge is -2.08. The molecule has 0 spiro atoms. The third-order valence-corrected chi connectivity index (χ3v) is 4.22.